The minimum atomic E-state index is 0.0406. The lowest BCUT2D eigenvalue weighted by Crippen LogP contribution is -2.29. The number of nitrogens with zero attached hydrogens (tertiary/aromatic N) is 3. The molecular weight excluding hydrogens is 298 g/mol. The van der Waals surface area contributed by atoms with Crippen molar-refractivity contribution in [2.24, 2.45) is 0 Å². The number of aryl methyl sites for hydroxylation is 1. The third kappa shape index (κ3) is 3.02. The average molecular weight is 323 g/mol. The van der Waals surface area contributed by atoms with Gasteiger partial charge in [-0.3, -0.25) is 9.13 Å². The molecule has 0 aliphatic heterocycles. The SMILES string of the molecule is CCn1c(=O)n([C@H](CCN(C)C)c2ccccc2)c2ccccc21. The number of para-hydroxylation sites is 2. The summed E-state index contributed by atoms with van der Waals surface area (Å²) in [6.07, 6.45) is 0.897. The molecule has 0 saturated carbocycles. The summed E-state index contributed by atoms with van der Waals surface area (Å²) < 4.78 is 3.83. The summed E-state index contributed by atoms with van der Waals surface area (Å²) in [5.41, 5.74) is 3.28. The molecule has 4 heteroatoms. The van der Waals surface area contributed by atoms with Crippen LogP contribution in [0.15, 0.2) is 59.4 Å². The van der Waals surface area contributed by atoms with Crippen molar-refractivity contribution in [1.29, 1.82) is 0 Å². The molecule has 0 unspecified atom stereocenters. The van der Waals surface area contributed by atoms with Crippen molar-refractivity contribution in [3.05, 3.63) is 70.6 Å². The summed E-state index contributed by atoms with van der Waals surface area (Å²) in [4.78, 5) is 15.3. The Bertz CT molecular complexity index is 861. The lowest BCUT2D eigenvalue weighted by Gasteiger charge is -2.21. The van der Waals surface area contributed by atoms with E-state index in [2.05, 4.69) is 37.2 Å². The third-order valence-corrected chi connectivity index (χ3v) is 4.53. The highest BCUT2D eigenvalue weighted by Gasteiger charge is 2.21. The summed E-state index contributed by atoms with van der Waals surface area (Å²) in [6.45, 7) is 3.63. The monoisotopic (exact) mass is 323 g/mol. The highest BCUT2D eigenvalue weighted by molar-refractivity contribution is 5.76. The predicted molar refractivity (Wildman–Crippen MR) is 99.6 cm³/mol. The molecule has 0 aliphatic carbocycles. The zero-order valence-electron chi connectivity index (χ0n) is 14.6. The van der Waals surface area contributed by atoms with Gasteiger partial charge in [-0.15, -0.1) is 0 Å². The molecule has 3 aromatic rings. The van der Waals surface area contributed by atoms with Crippen LogP contribution in [0.2, 0.25) is 0 Å². The van der Waals surface area contributed by atoms with Crippen LogP contribution in [0.25, 0.3) is 11.0 Å². The van der Waals surface area contributed by atoms with E-state index in [0.717, 1.165) is 24.0 Å². The Balaban J connectivity index is 2.19. The van der Waals surface area contributed by atoms with E-state index in [4.69, 9.17) is 0 Å². The minimum Gasteiger partial charge on any atom is -0.309 e. The fourth-order valence-corrected chi connectivity index (χ4v) is 3.34. The van der Waals surface area contributed by atoms with Crippen molar-refractivity contribution in [3.63, 3.8) is 0 Å². The van der Waals surface area contributed by atoms with Crippen LogP contribution in [-0.2, 0) is 6.54 Å². The van der Waals surface area contributed by atoms with E-state index in [0.29, 0.717) is 6.54 Å². The van der Waals surface area contributed by atoms with Gasteiger partial charge in [0.15, 0.2) is 0 Å². The van der Waals surface area contributed by atoms with Crippen molar-refractivity contribution in [2.75, 3.05) is 20.6 Å². The number of aromatic nitrogens is 2. The molecule has 3 rings (SSSR count). The van der Waals surface area contributed by atoms with Crippen LogP contribution >= 0.6 is 0 Å². The Labute approximate surface area is 142 Å². The molecular formula is C20H25N3O. The van der Waals surface area contributed by atoms with Gasteiger partial charge in [-0.2, -0.15) is 0 Å². The summed E-state index contributed by atoms with van der Waals surface area (Å²) in [5, 5.41) is 0. The Morgan fingerprint density at radius 1 is 0.958 bits per heavy atom. The van der Waals surface area contributed by atoms with Crippen molar-refractivity contribution in [3.8, 4) is 0 Å². The van der Waals surface area contributed by atoms with E-state index >= 15 is 0 Å². The average Bonchev–Trinajstić information content (AvgIpc) is 2.88. The van der Waals surface area contributed by atoms with Crippen LogP contribution < -0.4 is 5.69 Å². The van der Waals surface area contributed by atoms with Gasteiger partial charge < -0.3 is 4.90 Å². The molecule has 0 radical (unpaired) electrons. The van der Waals surface area contributed by atoms with Crippen LogP contribution in [0.3, 0.4) is 0 Å². The first kappa shape index (κ1) is 16.5. The van der Waals surface area contributed by atoms with Crippen LogP contribution in [0.1, 0.15) is 24.9 Å². The summed E-state index contributed by atoms with van der Waals surface area (Å²) in [5.74, 6) is 0. The zero-order valence-corrected chi connectivity index (χ0v) is 14.6. The summed E-state index contributed by atoms with van der Waals surface area (Å²) in [7, 11) is 4.14. The Kier molecular flexibility index (Phi) is 4.86. The van der Waals surface area contributed by atoms with Crippen LogP contribution in [0.5, 0.6) is 0 Å². The minimum absolute atomic E-state index is 0.0406. The quantitative estimate of drug-likeness (QED) is 0.696. The van der Waals surface area contributed by atoms with Gasteiger partial charge in [-0.1, -0.05) is 42.5 Å². The van der Waals surface area contributed by atoms with E-state index in [1.807, 2.05) is 52.5 Å². The van der Waals surface area contributed by atoms with Gasteiger partial charge in [0.2, 0.25) is 0 Å². The molecule has 0 bridgehead atoms. The Morgan fingerprint density at radius 2 is 1.58 bits per heavy atom. The second-order valence-electron chi connectivity index (χ2n) is 6.40. The van der Waals surface area contributed by atoms with Gasteiger partial charge >= 0.3 is 5.69 Å². The number of hydrogen-bond acceptors (Lipinski definition) is 2. The molecule has 1 aromatic heterocycles. The van der Waals surface area contributed by atoms with Crippen molar-refractivity contribution in [1.82, 2.24) is 14.0 Å². The largest absolute Gasteiger partial charge is 0.329 e. The third-order valence-electron chi connectivity index (χ3n) is 4.53. The lowest BCUT2D eigenvalue weighted by atomic mass is 10.0. The fourth-order valence-electron chi connectivity index (χ4n) is 3.34. The normalized spacial score (nSPS) is 12.8. The van der Waals surface area contributed by atoms with Gasteiger partial charge in [0, 0.05) is 6.54 Å². The van der Waals surface area contributed by atoms with Crippen molar-refractivity contribution < 1.29 is 0 Å². The van der Waals surface area contributed by atoms with E-state index in [1.54, 1.807) is 0 Å². The van der Waals surface area contributed by atoms with Gasteiger partial charge in [0.1, 0.15) is 0 Å². The second kappa shape index (κ2) is 7.05. The fraction of sp³-hybridized carbons (Fsp3) is 0.350. The Morgan fingerprint density at radius 3 is 2.21 bits per heavy atom. The van der Waals surface area contributed by atoms with E-state index < -0.39 is 0 Å². The van der Waals surface area contributed by atoms with Crippen molar-refractivity contribution >= 4 is 11.0 Å². The topological polar surface area (TPSA) is 30.2 Å². The van der Waals surface area contributed by atoms with Crippen LogP contribution in [0, 0.1) is 0 Å². The lowest BCUT2D eigenvalue weighted by molar-refractivity contribution is 0.366. The maximum Gasteiger partial charge on any atom is 0.329 e. The first-order valence-corrected chi connectivity index (χ1v) is 8.53. The predicted octanol–water partition coefficient (Wildman–Crippen LogP) is 3.36. The standard InChI is InChI=1S/C20H25N3O/c1-4-22-18-12-8-9-13-19(18)23(20(22)24)17(14-15-21(2)3)16-10-6-5-7-11-16/h5-13,17H,4,14-15H2,1-3H3/t17-/m1/s1. The number of hydrogen-bond donors (Lipinski definition) is 0. The van der Waals surface area contributed by atoms with Gasteiger partial charge in [0.05, 0.1) is 17.1 Å². The first-order valence-electron chi connectivity index (χ1n) is 8.53. The molecule has 0 aliphatic rings. The van der Waals surface area contributed by atoms with E-state index in [1.165, 1.54) is 5.56 Å². The molecule has 1 heterocycles. The highest BCUT2D eigenvalue weighted by atomic mass is 16.1. The molecule has 0 saturated heterocycles. The van der Waals surface area contributed by atoms with Crippen LogP contribution in [0.4, 0.5) is 0 Å². The molecule has 0 amide bonds. The molecule has 1 atom stereocenters. The van der Waals surface area contributed by atoms with Gasteiger partial charge in [0.25, 0.3) is 0 Å². The van der Waals surface area contributed by atoms with Gasteiger partial charge in [-0.05, 0) is 51.7 Å². The molecule has 24 heavy (non-hydrogen) atoms. The number of benzene rings is 2. The maximum atomic E-state index is 13.1. The first-order chi connectivity index (χ1) is 11.6. The zero-order chi connectivity index (χ0) is 17.1. The number of imidazole rings is 1. The summed E-state index contributed by atoms with van der Waals surface area (Å²) in [6, 6.07) is 18.5. The molecule has 0 fully saturated rings. The molecule has 2 aromatic carbocycles. The second-order valence-corrected chi connectivity index (χ2v) is 6.40. The van der Waals surface area contributed by atoms with E-state index in [-0.39, 0.29) is 11.7 Å². The van der Waals surface area contributed by atoms with E-state index in [9.17, 15) is 4.79 Å². The maximum absolute atomic E-state index is 13.1. The number of fused-ring (bicyclic) bond motifs is 1. The summed E-state index contributed by atoms with van der Waals surface area (Å²) >= 11 is 0. The molecule has 0 spiro atoms. The smallest absolute Gasteiger partial charge is 0.309 e. The highest BCUT2D eigenvalue weighted by Crippen LogP contribution is 2.25. The molecule has 0 N–H and O–H groups in total. The molecule has 126 valence electrons. The molecule has 4 nitrogen and oxygen atoms in total. The van der Waals surface area contributed by atoms with Crippen LogP contribution in [-0.4, -0.2) is 34.7 Å². The van der Waals surface area contributed by atoms with Gasteiger partial charge in [-0.25, -0.2) is 4.79 Å². The Hall–Kier alpha value is -2.33. The van der Waals surface area contributed by atoms with Crippen molar-refractivity contribution in [2.45, 2.75) is 25.9 Å². The number of rotatable bonds is 6.